The van der Waals surface area contributed by atoms with Crippen molar-refractivity contribution in [2.24, 2.45) is 0 Å². The molecule has 0 saturated heterocycles. The monoisotopic (exact) mass is 374 g/mol. The number of urea groups is 1. The lowest BCUT2D eigenvalue weighted by molar-refractivity contribution is 0.0736. The molecule has 0 atom stereocenters. The van der Waals surface area contributed by atoms with Gasteiger partial charge in [0.1, 0.15) is 5.75 Å². The Labute approximate surface area is 156 Å². The topological polar surface area (TPSA) is 83.6 Å². The summed E-state index contributed by atoms with van der Waals surface area (Å²) in [6.45, 7) is 4.91. The first kappa shape index (κ1) is 18.2. The summed E-state index contributed by atoms with van der Waals surface area (Å²) >= 11 is 1.42. The number of benzene rings is 1. The number of hydrogen-bond acceptors (Lipinski definition) is 5. The second-order valence-corrected chi connectivity index (χ2v) is 7.43. The van der Waals surface area contributed by atoms with Crippen LogP contribution in [0, 0.1) is 0 Å². The lowest BCUT2D eigenvalue weighted by Crippen LogP contribution is -2.35. The molecule has 0 bridgehead atoms. The first-order chi connectivity index (χ1) is 12.5. The van der Waals surface area contributed by atoms with Crippen LogP contribution in [0.25, 0.3) is 0 Å². The average Bonchev–Trinajstić information content (AvgIpc) is 3.01. The molecule has 3 amide bonds. The molecule has 0 spiro atoms. The summed E-state index contributed by atoms with van der Waals surface area (Å²) in [4.78, 5) is 31.8. The first-order valence-corrected chi connectivity index (χ1v) is 9.27. The van der Waals surface area contributed by atoms with Gasteiger partial charge in [0.15, 0.2) is 5.13 Å². The van der Waals surface area contributed by atoms with E-state index in [2.05, 4.69) is 15.6 Å². The van der Waals surface area contributed by atoms with E-state index in [0.29, 0.717) is 30.2 Å². The van der Waals surface area contributed by atoms with Gasteiger partial charge < -0.3 is 15.0 Å². The molecule has 2 N–H and O–H groups in total. The summed E-state index contributed by atoms with van der Waals surface area (Å²) in [5.41, 5.74) is 1.59. The van der Waals surface area contributed by atoms with Gasteiger partial charge >= 0.3 is 6.03 Å². The number of rotatable bonds is 4. The van der Waals surface area contributed by atoms with Crippen LogP contribution in [0.15, 0.2) is 24.3 Å². The van der Waals surface area contributed by atoms with Crippen LogP contribution in [0.5, 0.6) is 5.75 Å². The van der Waals surface area contributed by atoms with Gasteiger partial charge in [-0.05, 0) is 38.1 Å². The van der Waals surface area contributed by atoms with Gasteiger partial charge in [-0.1, -0.05) is 11.3 Å². The molecule has 1 aromatic heterocycles. The highest BCUT2D eigenvalue weighted by atomic mass is 32.1. The molecule has 2 aromatic rings. The van der Waals surface area contributed by atoms with Gasteiger partial charge in [-0.3, -0.25) is 10.1 Å². The summed E-state index contributed by atoms with van der Waals surface area (Å²) in [6, 6.07) is 6.90. The second kappa shape index (κ2) is 7.74. The van der Waals surface area contributed by atoms with E-state index < -0.39 is 0 Å². The summed E-state index contributed by atoms with van der Waals surface area (Å²) in [5.74, 6) is 0.707. The van der Waals surface area contributed by atoms with Crippen LogP contribution in [-0.4, -0.2) is 41.5 Å². The molecular formula is C18H22N4O3S. The second-order valence-electron chi connectivity index (χ2n) is 6.35. The zero-order valence-corrected chi connectivity index (χ0v) is 15.9. The van der Waals surface area contributed by atoms with E-state index in [0.717, 1.165) is 16.3 Å². The number of ether oxygens (including phenoxy) is 1. The minimum Gasteiger partial charge on any atom is -0.497 e. The third-order valence-corrected chi connectivity index (χ3v) is 4.99. The molecule has 8 heteroatoms. The Bertz CT molecular complexity index is 801. The van der Waals surface area contributed by atoms with Gasteiger partial charge in [-0.2, -0.15) is 0 Å². The number of amides is 3. The van der Waals surface area contributed by atoms with Gasteiger partial charge in [0.05, 0.1) is 19.3 Å². The minimum absolute atomic E-state index is 0.0150. The fourth-order valence-corrected chi connectivity index (χ4v) is 3.75. The maximum Gasteiger partial charge on any atom is 0.321 e. The molecule has 1 aromatic carbocycles. The van der Waals surface area contributed by atoms with Crippen LogP contribution in [0.2, 0.25) is 0 Å². The van der Waals surface area contributed by atoms with Crippen LogP contribution in [0.3, 0.4) is 0 Å². The van der Waals surface area contributed by atoms with Crippen LogP contribution in [0.1, 0.15) is 34.8 Å². The van der Waals surface area contributed by atoms with Crippen molar-refractivity contribution in [3.8, 4) is 5.75 Å². The van der Waals surface area contributed by atoms with Crippen molar-refractivity contribution in [1.82, 2.24) is 15.2 Å². The number of aromatic nitrogens is 1. The van der Waals surface area contributed by atoms with Crippen LogP contribution in [-0.2, 0) is 13.0 Å². The molecule has 3 rings (SSSR count). The quantitative estimate of drug-likeness (QED) is 0.862. The smallest absolute Gasteiger partial charge is 0.321 e. The summed E-state index contributed by atoms with van der Waals surface area (Å²) < 4.78 is 5.13. The van der Waals surface area contributed by atoms with Gasteiger partial charge in [0.2, 0.25) is 0 Å². The molecule has 26 heavy (non-hydrogen) atoms. The lowest BCUT2D eigenvalue weighted by Gasteiger charge is -2.26. The highest BCUT2D eigenvalue weighted by Crippen LogP contribution is 2.29. The zero-order chi connectivity index (χ0) is 18.7. The molecule has 0 fully saturated rings. The number of anilines is 1. The number of carbonyl (C=O) groups is 2. The molecule has 0 saturated carbocycles. The molecular weight excluding hydrogens is 352 g/mol. The van der Waals surface area contributed by atoms with E-state index in [4.69, 9.17) is 4.74 Å². The van der Waals surface area contributed by atoms with Gasteiger partial charge in [0, 0.05) is 29.4 Å². The Kier molecular flexibility index (Phi) is 5.41. The number of methoxy groups -OCH3 is 1. The van der Waals surface area contributed by atoms with Crippen molar-refractivity contribution in [2.45, 2.75) is 32.9 Å². The molecule has 2 heterocycles. The van der Waals surface area contributed by atoms with Gasteiger partial charge in [-0.25, -0.2) is 9.78 Å². The predicted molar refractivity (Wildman–Crippen MR) is 101 cm³/mol. The molecule has 0 unspecified atom stereocenters. The number of carbonyl (C=O) groups excluding carboxylic acids is 2. The fourth-order valence-electron chi connectivity index (χ4n) is 2.73. The van der Waals surface area contributed by atoms with Crippen LogP contribution >= 0.6 is 11.3 Å². The number of thiazole rings is 1. The average molecular weight is 374 g/mol. The Balaban J connectivity index is 1.67. The van der Waals surface area contributed by atoms with Crippen molar-refractivity contribution in [2.75, 3.05) is 19.0 Å². The largest absolute Gasteiger partial charge is 0.497 e. The van der Waals surface area contributed by atoms with Crippen LogP contribution < -0.4 is 15.4 Å². The maximum absolute atomic E-state index is 12.7. The van der Waals surface area contributed by atoms with E-state index in [1.807, 2.05) is 13.8 Å². The van der Waals surface area contributed by atoms with Crippen molar-refractivity contribution in [3.63, 3.8) is 0 Å². The first-order valence-electron chi connectivity index (χ1n) is 8.45. The maximum atomic E-state index is 12.7. The third kappa shape index (κ3) is 4.13. The van der Waals surface area contributed by atoms with Crippen LogP contribution in [0.4, 0.5) is 9.93 Å². The van der Waals surface area contributed by atoms with E-state index in [1.54, 1.807) is 36.3 Å². The predicted octanol–water partition coefficient (Wildman–Crippen LogP) is 2.88. The summed E-state index contributed by atoms with van der Waals surface area (Å²) in [7, 11) is 1.60. The van der Waals surface area contributed by atoms with Crippen molar-refractivity contribution >= 4 is 28.4 Å². The Hall–Kier alpha value is -2.61. The summed E-state index contributed by atoms with van der Waals surface area (Å²) in [6.07, 6.45) is 0.682. The Morgan fingerprint density at radius 3 is 2.65 bits per heavy atom. The van der Waals surface area contributed by atoms with E-state index in [-0.39, 0.29) is 18.0 Å². The van der Waals surface area contributed by atoms with Gasteiger partial charge in [0.25, 0.3) is 5.91 Å². The Morgan fingerprint density at radius 1 is 1.27 bits per heavy atom. The van der Waals surface area contributed by atoms with Crippen molar-refractivity contribution in [3.05, 3.63) is 40.4 Å². The standard InChI is InChI=1S/C18H22N4O3S/c1-11(2)19-17(24)21-18-20-14-8-9-22(10-15(14)26-18)16(23)12-4-6-13(25-3)7-5-12/h4-7,11H,8-10H2,1-3H3,(H2,19,20,21,24). The lowest BCUT2D eigenvalue weighted by atomic mass is 10.1. The molecule has 0 radical (unpaired) electrons. The molecule has 1 aliphatic heterocycles. The Morgan fingerprint density at radius 2 is 2.00 bits per heavy atom. The normalized spacial score (nSPS) is 13.3. The highest BCUT2D eigenvalue weighted by molar-refractivity contribution is 7.15. The SMILES string of the molecule is COc1ccc(C(=O)N2CCc3nc(NC(=O)NC(C)C)sc3C2)cc1. The van der Waals surface area contributed by atoms with E-state index >= 15 is 0 Å². The van der Waals surface area contributed by atoms with E-state index in [9.17, 15) is 9.59 Å². The van der Waals surface area contributed by atoms with Crippen molar-refractivity contribution < 1.29 is 14.3 Å². The number of fused-ring (bicyclic) bond motifs is 1. The van der Waals surface area contributed by atoms with E-state index in [1.165, 1.54) is 11.3 Å². The van der Waals surface area contributed by atoms with Crippen molar-refractivity contribution in [1.29, 1.82) is 0 Å². The minimum atomic E-state index is -0.266. The molecule has 7 nitrogen and oxygen atoms in total. The zero-order valence-electron chi connectivity index (χ0n) is 15.0. The fraction of sp³-hybridized carbons (Fsp3) is 0.389. The third-order valence-electron chi connectivity index (χ3n) is 4.00. The molecule has 138 valence electrons. The summed E-state index contributed by atoms with van der Waals surface area (Å²) in [5, 5.41) is 6.09. The molecule has 1 aliphatic rings. The number of nitrogens with one attached hydrogen (secondary N) is 2. The number of hydrogen-bond donors (Lipinski definition) is 2. The molecule has 0 aliphatic carbocycles. The van der Waals surface area contributed by atoms with Gasteiger partial charge in [-0.15, -0.1) is 0 Å². The highest BCUT2D eigenvalue weighted by Gasteiger charge is 2.25. The number of nitrogens with zero attached hydrogens (tertiary/aromatic N) is 2.